The number of likely N-dealkylation sites (tertiary alicyclic amines) is 1. The van der Waals surface area contributed by atoms with Crippen molar-refractivity contribution in [3.63, 3.8) is 0 Å². The lowest BCUT2D eigenvalue weighted by Gasteiger charge is -2.08. The number of carbonyl (C=O) groups excluding carboxylic acids is 1. The highest BCUT2D eigenvalue weighted by atomic mass is 35.7. The van der Waals surface area contributed by atoms with Crippen molar-refractivity contribution in [3.8, 4) is 5.75 Å². The maximum atomic E-state index is 11.7. The molecule has 122 valence electrons. The Morgan fingerprint density at radius 3 is 2.23 bits per heavy atom. The lowest BCUT2D eigenvalue weighted by molar-refractivity contribution is -1.92. The molecule has 0 aromatic heterocycles. The van der Waals surface area contributed by atoms with Crippen LogP contribution in [0.4, 0.5) is 0 Å². The average molecular weight is 333 g/mol. The number of carbonyl (C=O) groups is 1. The maximum absolute atomic E-state index is 11.7. The van der Waals surface area contributed by atoms with Crippen molar-refractivity contribution < 1.29 is 38.4 Å². The summed E-state index contributed by atoms with van der Waals surface area (Å²) in [7, 11) is -3.09. The average Bonchev–Trinajstić information content (AvgIpc) is 2.96. The van der Waals surface area contributed by atoms with Crippen LogP contribution >= 0.6 is 0 Å². The quantitative estimate of drug-likeness (QED) is 0.492. The Bertz CT molecular complexity index is 488. The van der Waals surface area contributed by atoms with Crippen LogP contribution < -0.4 is 18.7 Å². The molecule has 1 aliphatic rings. The molecule has 8 nitrogen and oxygen atoms in total. The summed E-state index contributed by atoms with van der Waals surface area (Å²) in [6, 6.07) is 6.97. The van der Waals surface area contributed by atoms with E-state index < -0.39 is 10.2 Å². The molecule has 1 aliphatic heterocycles. The van der Waals surface area contributed by atoms with Crippen LogP contribution in [0.25, 0.3) is 0 Å². The van der Waals surface area contributed by atoms with Gasteiger partial charge in [0, 0.05) is 18.7 Å². The molecule has 1 saturated heterocycles. The molecule has 0 atom stereocenters. The van der Waals surface area contributed by atoms with Gasteiger partial charge in [0.05, 0.1) is 28.4 Å². The molecule has 1 N–H and O–H groups in total. The fourth-order valence-electron chi connectivity index (χ4n) is 1.80. The van der Waals surface area contributed by atoms with Crippen LogP contribution in [0.1, 0.15) is 23.2 Å². The zero-order valence-electron chi connectivity index (χ0n) is 12.0. The second-order valence-electron chi connectivity index (χ2n) is 4.42. The molecule has 1 aromatic carbocycles. The predicted octanol–water partition coefficient (Wildman–Crippen LogP) is -2.16. The van der Waals surface area contributed by atoms with Gasteiger partial charge in [-0.2, -0.15) is 19.0 Å². The van der Waals surface area contributed by atoms with Crippen molar-refractivity contribution in [1.29, 1.82) is 0 Å². The minimum atomic E-state index is -4.69. The fraction of sp³-hybridized carbons (Fsp3) is 0.385. The van der Waals surface area contributed by atoms with Gasteiger partial charge in [-0.1, -0.05) is 0 Å². The Morgan fingerprint density at radius 1 is 1.27 bits per heavy atom. The Labute approximate surface area is 130 Å². The molecule has 0 unspecified atom stereocenters. The summed E-state index contributed by atoms with van der Waals surface area (Å²) in [5.74, 6) is 0.532. The molecule has 1 amide bonds. The molecular formula is C13H17ClN2O6. The van der Waals surface area contributed by atoms with E-state index in [2.05, 4.69) is 9.89 Å². The van der Waals surface area contributed by atoms with E-state index in [0.717, 1.165) is 18.8 Å². The highest BCUT2D eigenvalue weighted by Gasteiger charge is 2.08. The number of amides is 1. The van der Waals surface area contributed by atoms with E-state index in [0.29, 0.717) is 5.56 Å². The van der Waals surface area contributed by atoms with Gasteiger partial charge < -0.3 is 9.64 Å². The molecule has 1 aromatic rings. The van der Waals surface area contributed by atoms with Gasteiger partial charge in [0.2, 0.25) is 0 Å². The number of nitrogens with zero attached hydrogens (tertiary/aromatic N) is 2. The molecule has 1 fully saturated rings. The van der Waals surface area contributed by atoms with Gasteiger partial charge >= 0.3 is 0 Å². The van der Waals surface area contributed by atoms with Crippen molar-refractivity contribution >= 4 is 12.2 Å². The number of benzene rings is 1. The fourth-order valence-corrected chi connectivity index (χ4v) is 1.80. The predicted molar refractivity (Wildman–Crippen MR) is 68.8 cm³/mol. The molecule has 0 spiro atoms. The summed E-state index contributed by atoms with van der Waals surface area (Å²) in [4.78, 5) is 17.8. The highest BCUT2D eigenvalue weighted by Crippen LogP contribution is 2.12. The Hall–Kier alpha value is -1.71. The number of halogens is 1. The van der Waals surface area contributed by atoms with Gasteiger partial charge in [-0.05, 0) is 37.1 Å². The van der Waals surface area contributed by atoms with Crippen molar-refractivity contribution in [3.05, 3.63) is 29.8 Å². The van der Waals surface area contributed by atoms with Crippen LogP contribution in [0, 0.1) is 10.2 Å². The standard InChI is InChI=1S/C13H16N2O2.ClHO4/c1-17-12-6-4-11(5-7-12)13(16)14-10-15-8-2-3-9-15;2-1(3,4)5/h4-7,10H,2-3,8-9H2,1H3;(H,2,3,4,5). The monoisotopic (exact) mass is 332 g/mol. The Morgan fingerprint density at radius 2 is 1.77 bits per heavy atom. The van der Waals surface area contributed by atoms with Gasteiger partial charge in [-0.25, -0.2) is 0 Å². The van der Waals surface area contributed by atoms with E-state index in [1.54, 1.807) is 37.7 Å². The van der Waals surface area contributed by atoms with Crippen molar-refractivity contribution in [2.24, 2.45) is 4.99 Å². The van der Waals surface area contributed by atoms with Crippen LogP contribution in [0.2, 0.25) is 0 Å². The Kier molecular flexibility index (Phi) is 7.22. The zero-order chi connectivity index (χ0) is 16.6. The molecule has 0 aliphatic carbocycles. The van der Waals surface area contributed by atoms with E-state index in [1.807, 2.05) is 0 Å². The lowest BCUT2D eigenvalue weighted by Crippen LogP contribution is -2.58. The zero-order valence-corrected chi connectivity index (χ0v) is 12.7. The van der Waals surface area contributed by atoms with Crippen molar-refractivity contribution in [1.82, 2.24) is 4.90 Å². The van der Waals surface area contributed by atoms with Crippen LogP contribution in [0.15, 0.2) is 29.3 Å². The third kappa shape index (κ3) is 7.91. The molecule has 22 heavy (non-hydrogen) atoms. The molecule has 2 rings (SSSR count). The SMILES string of the molecule is COc1ccc(C(=O)N=CN2CCCC2)cc1.[O-][Cl+3]([O-])([O-])O. The number of hydrogen-bond acceptors (Lipinski definition) is 6. The number of aliphatic imine (C=N–C) groups is 1. The first-order valence-electron chi connectivity index (χ1n) is 6.39. The van der Waals surface area contributed by atoms with Crippen molar-refractivity contribution in [2.45, 2.75) is 12.8 Å². The third-order valence-corrected chi connectivity index (χ3v) is 2.82. The van der Waals surface area contributed by atoms with E-state index in [4.69, 9.17) is 23.4 Å². The Balaban J connectivity index is 0.000000422. The molecular weight excluding hydrogens is 316 g/mol. The number of ether oxygens (including phenoxy) is 1. The number of methoxy groups -OCH3 is 1. The lowest BCUT2D eigenvalue weighted by atomic mass is 10.2. The topological polar surface area (TPSA) is 131 Å². The molecule has 0 saturated carbocycles. The minimum absolute atomic E-state index is 0.209. The summed E-state index contributed by atoms with van der Waals surface area (Å²) < 4.78 is 37.8. The summed E-state index contributed by atoms with van der Waals surface area (Å²) in [6.45, 7) is 2.00. The molecule has 1 heterocycles. The summed E-state index contributed by atoms with van der Waals surface area (Å²) >= 11 is 0. The summed E-state index contributed by atoms with van der Waals surface area (Å²) in [5.41, 5.74) is 0.584. The second-order valence-corrected chi connectivity index (χ2v) is 5.21. The largest absolute Gasteiger partial charge is 0.497 e. The number of rotatable bonds is 3. The first kappa shape index (κ1) is 18.3. The van der Waals surface area contributed by atoms with Gasteiger partial charge in [-0.15, -0.1) is 0 Å². The van der Waals surface area contributed by atoms with Crippen LogP contribution in [0.3, 0.4) is 0 Å². The normalized spacial score (nSPS) is 14.7. The minimum Gasteiger partial charge on any atom is -0.497 e. The van der Waals surface area contributed by atoms with E-state index in [9.17, 15) is 4.79 Å². The highest BCUT2D eigenvalue weighted by molar-refractivity contribution is 5.98. The van der Waals surface area contributed by atoms with Gasteiger partial charge in [0.1, 0.15) is 5.75 Å². The summed E-state index contributed by atoms with van der Waals surface area (Å²) in [6.07, 6.45) is 4.02. The van der Waals surface area contributed by atoms with Crippen LogP contribution in [-0.2, 0) is 0 Å². The van der Waals surface area contributed by atoms with E-state index >= 15 is 0 Å². The molecule has 9 heteroatoms. The first-order valence-corrected chi connectivity index (χ1v) is 7.66. The smallest absolute Gasteiger partial charge is 0.278 e. The first-order chi connectivity index (χ1) is 10.3. The summed E-state index contributed by atoms with van der Waals surface area (Å²) in [5, 5.41) is 0. The van der Waals surface area contributed by atoms with Gasteiger partial charge in [0.15, 0.2) is 0 Å². The van der Waals surface area contributed by atoms with E-state index in [-0.39, 0.29) is 5.91 Å². The second kappa shape index (κ2) is 8.66. The third-order valence-electron chi connectivity index (χ3n) is 2.82. The van der Waals surface area contributed by atoms with Gasteiger partial charge in [-0.3, -0.25) is 4.79 Å². The number of hydrogen-bond donors (Lipinski definition) is 1. The van der Waals surface area contributed by atoms with E-state index in [1.165, 1.54) is 12.8 Å². The molecule has 0 bridgehead atoms. The van der Waals surface area contributed by atoms with Crippen LogP contribution in [0.5, 0.6) is 5.75 Å². The van der Waals surface area contributed by atoms with Crippen molar-refractivity contribution in [2.75, 3.05) is 20.2 Å². The molecule has 0 radical (unpaired) electrons. The maximum Gasteiger partial charge on any atom is 0.278 e. The van der Waals surface area contributed by atoms with Gasteiger partial charge in [0.25, 0.3) is 5.91 Å². The van der Waals surface area contributed by atoms with Crippen LogP contribution in [-0.4, -0.2) is 42.0 Å².